The lowest BCUT2D eigenvalue weighted by Gasteiger charge is -2.27. The Labute approximate surface area is 329 Å². The van der Waals surface area contributed by atoms with Crippen LogP contribution < -0.4 is 21.7 Å². The van der Waals surface area contributed by atoms with Gasteiger partial charge in [0.1, 0.15) is 17.5 Å². The minimum Gasteiger partial charge on any atom is -0.444 e. The molecule has 2 amide bonds. The number of nitrogens with zero attached hydrogens (tertiary/aromatic N) is 2. The predicted molar refractivity (Wildman–Crippen MR) is 215 cm³/mol. The minimum atomic E-state index is -0.817. The van der Waals surface area contributed by atoms with Crippen molar-refractivity contribution in [3.63, 3.8) is 0 Å². The standard InChI is InChI=1S/C21H33N3O3.C15H24N2O3.C6H9NO/c1-16(9-8-12-22)14-23-15-19(25)18(13-17-10-6-5-7-11-17)24-20(26)27-21(2,3)4;1-15(2,3)20-14(19)17-12(13(18)10-16)9-11-7-5-4-6-8-11;1-6(5-8)3-2-4-7/h5-7,10-11,16,18-19,23,25H,8-9,13-15H2,1-4H3,(H,24,26);4-8,12-13,18H,9-10,16H2,1-3H3,(H,17,19);5-6H,2-3H2,1H3/t16?,18-,19?;12-,13?;/m00./s1. The highest BCUT2D eigenvalue weighted by molar-refractivity contribution is 5.68. The van der Waals surface area contributed by atoms with Gasteiger partial charge in [0.05, 0.1) is 36.4 Å². The third-order valence-corrected chi connectivity index (χ3v) is 7.71. The van der Waals surface area contributed by atoms with Gasteiger partial charge in [0.2, 0.25) is 0 Å². The highest BCUT2D eigenvalue weighted by Crippen LogP contribution is 2.12. The van der Waals surface area contributed by atoms with Crippen LogP contribution in [0.15, 0.2) is 60.7 Å². The van der Waals surface area contributed by atoms with Crippen LogP contribution in [-0.2, 0) is 27.1 Å². The summed E-state index contributed by atoms with van der Waals surface area (Å²) in [5.74, 6) is 0.401. The Morgan fingerprint density at radius 2 is 1.16 bits per heavy atom. The van der Waals surface area contributed by atoms with E-state index in [1.165, 1.54) is 0 Å². The average molecular weight is 767 g/mol. The molecule has 2 rings (SSSR count). The first-order chi connectivity index (χ1) is 25.8. The molecule has 7 N–H and O–H groups in total. The summed E-state index contributed by atoms with van der Waals surface area (Å²) in [6, 6.07) is 22.5. The molecule has 0 heterocycles. The fourth-order valence-corrected chi connectivity index (χ4v) is 4.78. The van der Waals surface area contributed by atoms with Gasteiger partial charge in [-0.2, -0.15) is 10.5 Å². The predicted octanol–water partition coefficient (Wildman–Crippen LogP) is 5.58. The van der Waals surface area contributed by atoms with Crippen molar-refractivity contribution < 1.29 is 34.1 Å². The molecule has 0 saturated heterocycles. The van der Waals surface area contributed by atoms with E-state index in [1.807, 2.05) is 73.7 Å². The van der Waals surface area contributed by atoms with E-state index in [1.54, 1.807) is 41.5 Å². The molecule has 0 aliphatic heterocycles. The van der Waals surface area contributed by atoms with Gasteiger partial charge < -0.3 is 46.2 Å². The Morgan fingerprint density at radius 3 is 1.55 bits per heavy atom. The third kappa shape index (κ3) is 27.7. The topological polar surface area (TPSA) is 220 Å². The molecular weight excluding hydrogens is 700 g/mol. The van der Waals surface area contributed by atoms with Crippen LogP contribution in [0.1, 0.15) is 92.2 Å². The SMILES string of the molecule is CC(C)(C)OC(=O)N[C@@H](Cc1ccccc1)C(O)CN.CC(C=O)CCC#N.CC(CCC#N)CNCC(O)[C@H](Cc1ccccc1)NC(=O)OC(C)(C)C. The number of nitriles is 2. The second-order valence-electron chi connectivity index (χ2n) is 15.5. The Kier molecular flexibility index (Phi) is 25.7. The number of benzene rings is 2. The number of carbonyl (C=O) groups excluding carboxylic acids is 3. The van der Waals surface area contributed by atoms with Gasteiger partial charge in [-0.15, -0.1) is 0 Å². The summed E-state index contributed by atoms with van der Waals surface area (Å²) < 4.78 is 10.5. The molecule has 0 aliphatic rings. The van der Waals surface area contributed by atoms with Crippen molar-refractivity contribution in [1.29, 1.82) is 10.5 Å². The smallest absolute Gasteiger partial charge is 0.407 e. The molecule has 0 bridgehead atoms. The highest BCUT2D eigenvalue weighted by Gasteiger charge is 2.26. The van der Waals surface area contributed by atoms with E-state index in [9.17, 15) is 24.6 Å². The molecule has 0 aliphatic carbocycles. The van der Waals surface area contributed by atoms with Crippen molar-refractivity contribution in [2.45, 2.75) is 129 Å². The molecule has 0 fully saturated rings. The molecule has 13 nitrogen and oxygen atoms in total. The van der Waals surface area contributed by atoms with E-state index in [2.05, 4.69) is 28.9 Å². The van der Waals surface area contributed by atoms with E-state index in [-0.39, 0.29) is 12.5 Å². The van der Waals surface area contributed by atoms with E-state index in [0.29, 0.717) is 51.1 Å². The summed E-state index contributed by atoms with van der Waals surface area (Å²) in [4.78, 5) is 33.9. The molecule has 0 aromatic heterocycles. The maximum absolute atomic E-state index is 12.2. The van der Waals surface area contributed by atoms with Crippen molar-refractivity contribution in [2.24, 2.45) is 17.6 Å². The van der Waals surface area contributed by atoms with Crippen molar-refractivity contribution in [1.82, 2.24) is 16.0 Å². The number of alkyl carbamates (subject to hydrolysis) is 2. The fraction of sp³-hybridized carbons (Fsp3) is 0.595. The fourth-order valence-electron chi connectivity index (χ4n) is 4.78. The Morgan fingerprint density at radius 1 is 0.745 bits per heavy atom. The summed E-state index contributed by atoms with van der Waals surface area (Å²) in [7, 11) is 0. The van der Waals surface area contributed by atoms with Crippen LogP contribution >= 0.6 is 0 Å². The summed E-state index contributed by atoms with van der Waals surface area (Å²) in [6.07, 6.45) is 1.74. The van der Waals surface area contributed by atoms with Gasteiger partial charge in [-0.05, 0) is 90.8 Å². The summed E-state index contributed by atoms with van der Waals surface area (Å²) in [5, 5.41) is 46.0. The minimum absolute atomic E-state index is 0.0506. The van der Waals surface area contributed by atoms with Crippen LogP contribution in [0.2, 0.25) is 0 Å². The van der Waals surface area contributed by atoms with Crippen molar-refractivity contribution >= 4 is 18.5 Å². The Balaban J connectivity index is 0.000000910. The van der Waals surface area contributed by atoms with Gasteiger partial charge in [0.25, 0.3) is 0 Å². The van der Waals surface area contributed by atoms with Gasteiger partial charge in [-0.3, -0.25) is 0 Å². The molecule has 2 aromatic rings. The zero-order valence-electron chi connectivity index (χ0n) is 34.1. The second kappa shape index (κ2) is 28.0. The van der Waals surface area contributed by atoms with E-state index in [0.717, 1.165) is 23.8 Å². The number of aliphatic hydroxyl groups is 2. The van der Waals surface area contributed by atoms with E-state index < -0.39 is 47.7 Å². The van der Waals surface area contributed by atoms with Gasteiger partial charge in [-0.1, -0.05) is 74.5 Å². The molecule has 6 atom stereocenters. The second-order valence-corrected chi connectivity index (χ2v) is 15.5. The maximum Gasteiger partial charge on any atom is 0.407 e. The first-order valence-corrected chi connectivity index (χ1v) is 18.9. The number of aldehydes is 1. The van der Waals surface area contributed by atoms with Gasteiger partial charge in [-0.25, -0.2) is 9.59 Å². The van der Waals surface area contributed by atoms with Crippen LogP contribution in [0, 0.1) is 34.5 Å². The van der Waals surface area contributed by atoms with Gasteiger partial charge in [0.15, 0.2) is 0 Å². The molecule has 55 heavy (non-hydrogen) atoms. The number of rotatable bonds is 18. The van der Waals surface area contributed by atoms with Crippen molar-refractivity contribution in [3.8, 4) is 12.1 Å². The van der Waals surface area contributed by atoms with Crippen LogP contribution in [0.4, 0.5) is 9.59 Å². The largest absolute Gasteiger partial charge is 0.444 e. The first-order valence-electron chi connectivity index (χ1n) is 18.9. The third-order valence-electron chi connectivity index (χ3n) is 7.71. The number of nitrogens with two attached hydrogens (primary N) is 1. The normalized spacial score (nSPS) is 14.2. The van der Waals surface area contributed by atoms with Crippen LogP contribution in [0.25, 0.3) is 0 Å². The number of hydrogen-bond acceptors (Lipinski definition) is 11. The average Bonchev–Trinajstić information content (AvgIpc) is 3.11. The number of carbonyl (C=O) groups is 3. The Bertz CT molecular complexity index is 1420. The zero-order valence-corrected chi connectivity index (χ0v) is 34.1. The molecule has 306 valence electrons. The van der Waals surface area contributed by atoms with Crippen LogP contribution in [0.5, 0.6) is 0 Å². The molecule has 0 saturated carbocycles. The number of amides is 2. The van der Waals surface area contributed by atoms with Gasteiger partial charge >= 0.3 is 12.2 Å². The van der Waals surface area contributed by atoms with Crippen LogP contribution in [0.3, 0.4) is 0 Å². The lowest BCUT2D eigenvalue weighted by Crippen LogP contribution is -2.50. The number of hydrogen-bond donors (Lipinski definition) is 6. The first kappa shape index (κ1) is 50.5. The summed E-state index contributed by atoms with van der Waals surface area (Å²) in [5.41, 5.74) is 6.36. The maximum atomic E-state index is 12.2. The number of nitrogens with one attached hydrogen (secondary N) is 3. The molecule has 0 spiro atoms. The molecular formula is C42H66N6O7. The molecule has 4 unspecified atom stereocenters. The molecule has 13 heteroatoms. The lowest BCUT2D eigenvalue weighted by molar-refractivity contribution is -0.110. The monoisotopic (exact) mass is 766 g/mol. The van der Waals surface area contributed by atoms with E-state index in [4.69, 9.17) is 25.7 Å². The summed E-state index contributed by atoms with van der Waals surface area (Å²) in [6.45, 7) is 15.8. The van der Waals surface area contributed by atoms with Gasteiger partial charge in [0, 0.05) is 31.8 Å². The van der Waals surface area contributed by atoms with E-state index >= 15 is 0 Å². The number of aliphatic hydroxyl groups excluding tert-OH is 2. The Hall–Kier alpha value is -4.53. The zero-order chi connectivity index (χ0) is 41.9. The van der Waals surface area contributed by atoms with Crippen LogP contribution in [-0.4, -0.2) is 83.8 Å². The quantitative estimate of drug-likeness (QED) is 0.103. The highest BCUT2D eigenvalue weighted by atomic mass is 16.6. The molecule has 0 radical (unpaired) electrons. The lowest BCUT2D eigenvalue weighted by atomic mass is 10.0. The molecule has 2 aromatic carbocycles. The van der Waals surface area contributed by atoms with Crippen molar-refractivity contribution in [3.05, 3.63) is 71.8 Å². The van der Waals surface area contributed by atoms with Crippen molar-refractivity contribution in [2.75, 3.05) is 19.6 Å². The number of ether oxygens (including phenoxy) is 2. The summed E-state index contributed by atoms with van der Waals surface area (Å²) >= 11 is 0.